The number of methoxy groups -OCH3 is 1. The number of aromatic nitrogens is 1. The molecule has 0 spiro atoms. The quantitative estimate of drug-likeness (QED) is 0.277. The number of rotatable bonds is 10. The lowest BCUT2D eigenvalue weighted by Crippen LogP contribution is -2.17. The zero-order valence-electron chi connectivity index (χ0n) is 16.1. The molecule has 1 heterocycles. The van der Waals surface area contributed by atoms with Crippen molar-refractivity contribution in [3.63, 3.8) is 0 Å². The largest absolute Gasteiger partial charge is 0.493 e. The molecule has 1 amide bonds. The third kappa shape index (κ3) is 5.65. The number of unbranched alkanes of at least 4 members (excludes halogenated alkanes) is 3. The third-order valence-corrected chi connectivity index (χ3v) is 5.51. The van der Waals surface area contributed by atoms with Crippen LogP contribution in [-0.4, -0.2) is 29.8 Å². The van der Waals surface area contributed by atoms with E-state index in [0.717, 1.165) is 46.5 Å². The number of ether oxygens (including phenoxy) is 2. The van der Waals surface area contributed by atoms with E-state index < -0.39 is 0 Å². The minimum absolute atomic E-state index is 0.275. The van der Waals surface area contributed by atoms with Crippen LogP contribution >= 0.6 is 11.3 Å². The fourth-order valence-electron chi connectivity index (χ4n) is 2.92. The molecule has 1 aromatic heterocycles. The lowest BCUT2D eigenvalue weighted by molar-refractivity contribution is -0.129. The minimum Gasteiger partial charge on any atom is -0.493 e. The summed E-state index contributed by atoms with van der Waals surface area (Å²) in [6.45, 7) is 0.525. The Hall–Kier alpha value is -2.71. The number of nitrogens with one attached hydrogen (secondary N) is 1. The highest BCUT2D eigenvalue weighted by molar-refractivity contribution is 7.21. The van der Waals surface area contributed by atoms with Gasteiger partial charge in [-0.2, -0.15) is 0 Å². The second kappa shape index (κ2) is 10.2. The molecule has 3 aromatic rings. The monoisotopic (exact) mass is 418 g/mol. The van der Waals surface area contributed by atoms with E-state index in [1.165, 1.54) is 23.5 Å². The predicted molar refractivity (Wildman–Crippen MR) is 110 cm³/mol. The Kier molecular flexibility index (Phi) is 7.37. The first-order valence-corrected chi connectivity index (χ1v) is 10.2. The van der Waals surface area contributed by atoms with E-state index in [1.807, 2.05) is 18.2 Å². The van der Waals surface area contributed by atoms with Crippen molar-refractivity contribution in [2.24, 2.45) is 0 Å². The summed E-state index contributed by atoms with van der Waals surface area (Å²) in [5.41, 5.74) is 3.28. The molecule has 0 fully saturated rings. The molecule has 0 aliphatic heterocycles. The SMILES string of the molecule is COc1ccc(-c2nc3ccc(F)cc3s2)cc1OCCCCCCC(=O)NO. The maximum absolute atomic E-state index is 13.4. The van der Waals surface area contributed by atoms with Gasteiger partial charge in [-0.3, -0.25) is 10.0 Å². The molecule has 3 rings (SSSR count). The van der Waals surface area contributed by atoms with Crippen molar-refractivity contribution in [3.8, 4) is 22.1 Å². The summed E-state index contributed by atoms with van der Waals surface area (Å²) in [5, 5.41) is 9.25. The molecular formula is C21H23FN2O4S. The van der Waals surface area contributed by atoms with Crippen molar-refractivity contribution in [2.75, 3.05) is 13.7 Å². The van der Waals surface area contributed by atoms with Gasteiger partial charge in [-0.15, -0.1) is 11.3 Å². The van der Waals surface area contributed by atoms with Gasteiger partial charge in [0.1, 0.15) is 10.8 Å². The predicted octanol–water partition coefficient (Wildman–Crippen LogP) is 4.95. The summed E-state index contributed by atoms with van der Waals surface area (Å²) in [4.78, 5) is 15.5. The van der Waals surface area contributed by atoms with E-state index in [9.17, 15) is 9.18 Å². The maximum atomic E-state index is 13.4. The second-order valence-corrected chi connectivity index (χ2v) is 7.58. The first kappa shape index (κ1) is 21.0. The lowest BCUT2D eigenvalue weighted by Gasteiger charge is -2.11. The Morgan fingerprint density at radius 2 is 1.97 bits per heavy atom. The summed E-state index contributed by atoms with van der Waals surface area (Å²) in [5.74, 6) is 0.638. The summed E-state index contributed by atoms with van der Waals surface area (Å²) in [6.07, 6.45) is 3.69. The van der Waals surface area contributed by atoms with Crippen LogP contribution in [0.2, 0.25) is 0 Å². The zero-order chi connectivity index (χ0) is 20.6. The molecule has 0 radical (unpaired) electrons. The van der Waals surface area contributed by atoms with Gasteiger partial charge in [0.25, 0.3) is 0 Å². The van der Waals surface area contributed by atoms with E-state index in [1.54, 1.807) is 18.7 Å². The number of fused-ring (bicyclic) bond motifs is 1. The van der Waals surface area contributed by atoms with Crippen LogP contribution in [0.15, 0.2) is 36.4 Å². The van der Waals surface area contributed by atoms with Crippen LogP contribution in [-0.2, 0) is 4.79 Å². The van der Waals surface area contributed by atoms with Crippen molar-refractivity contribution in [2.45, 2.75) is 32.1 Å². The van der Waals surface area contributed by atoms with E-state index in [0.29, 0.717) is 24.5 Å². The Labute approximate surface area is 172 Å². The Balaban J connectivity index is 1.60. The van der Waals surface area contributed by atoms with Crippen molar-refractivity contribution >= 4 is 27.5 Å². The van der Waals surface area contributed by atoms with Gasteiger partial charge < -0.3 is 9.47 Å². The summed E-state index contributed by atoms with van der Waals surface area (Å²) in [7, 11) is 1.59. The topological polar surface area (TPSA) is 80.7 Å². The van der Waals surface area contributed by atoms with E-state index >= 15 is 0 Å². The highest BCUT2D eigenvalue weighted by Crippen LogP contribution is 2.36. The molecule has 0 atom stereocenters. The molecule has 8 heteroatoms. The van der Waals surface area contributed by atoms with E-state index in [4.69, 9.17) is 14.7 Å². The minimum atomic E-state index is -0.361. The van der Waals surface area contributed by atoms with Crippen LogP contribution in [0.5, 0.6) is 11.5 Å². The van der Waals surface area contributed by atoms with Gasteiger partial charge in [0, 0.05) is 12.0 Å². The van der Waals surface area contributed by atoms with E-state index in [2.05, 4.69) is 4.98 Å². The van der Waals surface area contributed by atoms with Crippen LogP contribution < -0.4 is 15.0 Å². The van der Waals surface area contributed by atoms with Crippen molar-refractivity contribution in [3.05, 3.63) is 42.2 Å². The maximum Gasteiger partial charge on any atom is 0.243 e. The van der Waals surface area contributed by atoms with Crippen LogP contribution in [0.1, 0.15) is 32.1 Å². The van der Waals surface area contributed by atoms with Crippen molar-refractivity contribution in [1.29, 1.82) is 0 Å². The third-order valence-electron chi connectivity index (χ3n) is 4.44. The first-order chi connectivity index (χ1) is 14.1. The standard InChI is InChI=1S/C21H23FN2O4S/c1-27-17-10-7-14(21-23-16-9-8-15(22)13-19(16)29-21)12-18(17)28-11-5-3-2-4-6-20(25)24-26/h7-10,12-13,26H,2-6,11H2,1H3,(H,24,25). The first-order valence-electron chi connectivity index (χ1n) is 9.41. The molecule has 2 N–H and O–H groups in total. The Morgan fingerprint density at radius 3 is 2.76 bits per heavy atom. The molecule has 0 bridgehead atoms. The number of halogens is 1. The number of benzene rings is 2. The van der Waals surface area contributed by atoms with Crippen molar-refractivity contribution < 1.29 is 23.9 Å². The number of carbonyl (C=O) groups excluding carboxylic acids is 1. The summed E-state index contributed by atoms with van der Waals surface area (Å²) < 4.78 is 25.5. The number of thiazole rings is 1. The number of carbonyl (C=O) groups is 1. The molecule has 0 saturated heterocycles. The number of hydrogen-bond donors (Lipinski definition) is 2. The van der Waals surface area contributed by atoms with Gasteiger partial charge in [0.2, 0.25) is 5.91 Å². The molecule has 0 unspecified atom stereocenters. The number of hydroxylamine groups is 1. The fraction of sp³-hybridized carbons (Fsp3) is 0.333. The Bertz CT molecular complexity index is 976. The normalized spacial score (nSPS) is 10.9. The van der Waals surface area contributed by atoms with Gasteiger partial charge in [0.15, 0.2) is 11.5 Å². The molecule has 0 aliphatic rings. The second-order valence-electron chi connectivity index (χ2n) is 6.54. The van der Waals surface area contributed by atoms with Crippen LogP contribution in [0.25, 0.3) is 20.8 Å². The lowest BCUT2D eigenvalue weighted by atomic mass is 10.1. The molecule has 2 aromatic carbocycles. The summed E-state index contributed by atoms with van der Waals surface area (Å²) >= 11 is 1.43. The van der Waals surface area contributed by atoms with Crippen LogP contribution in [0.4, 0.5) is 4.39 Å². The van der Waals surface area contributed by atoms with Gasteiger partial charge in [-0.1, -0.05) is 12.8 Å². The average molecular weight is 418 g/mol. The molecule has 29 heavy (non-hydrogen) atoms. The van der Waals surface area contributed by atoms with E-state index in [-0.39, 0.29) is 11.7 Å². The molecule has 6 nitrogen and oxygen atoms in total. The molecule has 0 saturated carbocycles. The van der Waals surface area contributed by atoms with Crippen LogP contribution in [0, 0.1) is 5.82 Å². The smallest absolute Gasteiger partial charge is 0.243 e. The van der Waals surface area contributed by atoms with Gasteiger partial charge in [-0.05, 0) is 49.2 Å². The number of amides is 1. The van der Waals surface area contributed by atoms with Gasteiger partial charge in [0.05, 0.1) is 23.9 Å². The highest BCUT2D eigenvalue weighted by atomic mass is 32.1. The number of hydrogen-bond acceptors (Lipinski definition) is 6. The highest BCUT2D eigenvalue weighted by Gasteiger charge is 2.11. The molecular weight excluding hydrogens is 395 g/mol. The fourth-order valence-corrected chi connectivity index (χ4v) is 3.91. The zero-order valence-corrected chi connectivity index (χ0v) is 16.9. The Morgan fingerprint density at radius 1 is 1.14 bits per heavy atom. The van der Waals surface area contributed by atoms with Gasteiger partial charge >= 0.3 is 0 Å². The summed E-state index contributed by atoms with van der Waals surface area (Å²) in [6, 6.07) is 10.2. The van der Waals surface area contributed by atoms with Gasteiger partial charge in [-0.25, -0.2) is 14.9 Å². The molecule has 154 valence electrons. The van der Waals surface area contributed by atoms with Crippen LogP contribution in [0.3, 0.4) is 0 Å². The van der Waals surface area contributed by atoms with Crippen molar-refractivity contribution in [1.82, 2.24) is 10.5 Å². The average Bonchev–Trinajstić information content (AvgIpc) is 3.15. The molecule has 0 aliphatic carbocycles. The number of nitrogens with zero attached hydrogens (tertiary/aromatic N) is 1.